The van der Waals surface area contributed by atoms with Crippen LogP contribution in [-0.2, 0) is 11.3 Å². The van der Waals surface area contributed by atoms with E-state index in [-0.39, 0.29) is 6.03 Å². The first kappa shape index (κ1) is 14.4. The number of carbonyl (C=O) groups excluding carboxylic acids is 1. The van der Waals surface area contributed by atoms with Gasteiger partial charge in [-0.05, 0) is 13.3 Å². The van der Waals surface area contributed by atoms with E-state index in [4.69, 9.17) is 5.11 Å². The van der Waals surface area contributed by atoms with Gasteiger partial charge in [-0.3, -0.25) is 4.79 Å². The summed E-state index contributed by atoms with van der Waals surface area (Å²) >= 11 is 1.53. The van der Waals surface area contributed by atoms with Gasteiger partial charge in [0.25, 0.3) is 0 Å². The van der Waals surface area contributed by atoms with Crippen LogP contribution in [0.25, 0.3) is 0 Å². The molecule has 0 spiro atoms. The number of urea groups is 1. The third kappa shape index (κ3) is 5.13. The van der Waals surface area contributed by atoms with Crippen molar-refractivity contribution >= 4 is 23.3 Å². The highest BCUT2D eigenvalue weighted by Gasteiger charge is 2.10. The Labute approximate surface area is 109 Å². The smallest absolute Gasteiger partial charge is 0.315 e. The van der Waals surface area contributed by atoms with E-state index in [0.717, 1.165) is 9.88 Å². The van der Waals surface area contributed by atoms with Crippen molar-refractivity contribution in [3.63, 3.8) is 0 Å². The number of rotatable bonds is 6. The van der Waals surface area contributed by atoms with Crippen molar-refractivity contribution in [2.24, 2.45) is 5.92 Å². The number of nitrogens with one attached hydrogen (secondary N) is 2. The Kier molecular flexibility index (Phi) is 5.57. The van der Waals surface area contributed by atoms with Gasteiger partial charge in [0.15, 0.2) is 0 Å². The highest BCUT2D eigenvalue weighted by Crippen LogP contribution is 2.10. The summed E-state index contributed by atoms with van der Waals surface area (Å²) in [5.74, 6) is -1.30. The van der Waals surface area contributed by atoms with Gasteiger partial charge in [0.05, 0.1) is 12.5 Å². The molecule has 1 atom stereocenters. The fraction of sp³-hybridized carbons (Fsp3) is 0.545. The second-order valence-corrected chi connectivity index (χ2v) is 5.32. The molecule has 0 saturated carbocycles. The molecule has 1 aromatic heterocycles. The Morgan fingerprint density at radius 2 is 2.22 bits per heavy atom. The first-order chi connectivity index (χ1) is 8.49. The molecule has 0 aliphatic heterocycles. The Hall–Kier alpha value is -1.63. The Morgan fingerprint density at radius 3 is 2.78 bits per heavy atom. The summed E-state index contributed by atoms with van der Waals surface area (Å²) in [5, 5.41) is 14.8. The number of thiazole rings is 1. The van der Waals surface area contributed by atoms with E-state index in [2.05, 4.69) is 15.6 Å². The lowest BCUT2D eigenvalue weighted by Crippen LogP contribution is -2.36. The maximum absolute atomic E-state index is 11.4. The third-order valence-electron chi connectivity index (χ3n) is 2.35. The molecule has 0 aromatic carbocycles. The first-order valence-corrected chi connectivity index (χ1v) is 6.46. The highest BCUT2D eigenvalue weighted by atomic mass is 32.1. The number of aromatic nitrogens is 1. The maximum atomic E-state index is 11.4. The number of hydrogen-bond donors (Lipinski definition) is 3. The molecule has 0 saturated heterocycles. The molecule has 0 aliphatic rings. The molecule has 6 nitrogen and oxygen atoms in total. The van der Waals surface area contributed by atoms with Crippen LogP contribution in [0.1, 0.15) is 23.2 Å². The number of carboxylic acid groups (broad SMARTS) is 1. The van der Waals surface area contributed by atoms with Crippen LogP contribution in [0.2, 0.25) is 0 Å². The number of aryl methyl sites for hydroxylation is 1. The van der Waals surface area contributed by atoms with Crippen molar-refractivity contribution < 1.29 is 14.7 Å². The zero-order chi connectivity index (χ0) is 13.5. The van der Waals surface area contributed by atoms with Crippen LogP contribution in [0.4, 0.5) is 4.79 Å². The lowest BCUT2D eigenvalue weighted by molar-refractivity contribution is -0.141. The summed E-state index contributed by atoms with van der Waals surface area (Å²) in [6.45, 7) is 4.30. The van der Waals surface area contributed by atoms with E-state index in [0.29, 0.717) is 19.5 Å². The predicted molar refractivity (Wildman–Crippen MR) is 68.5 cm³/mol. The van der Waals surface area contributed by atoms with E-state index in [1.807, 2.05) is 6.92 Å². The molecule has 3 N–H and O–H groups in total. The summed E-state index contributed by atoms with van der Waals surface area (Å²) in [6, 6.07) is -0.305. The van der Waals surface area contributed by atoms with Gasteiger partial charge in [-0.1, -0.05) is 6.92 Å². The fourth-order valence-corrected chi connectivity index (χ4v) is 1.95. The van der Waals surface area contributed by atoms with E-state index in [1.54, 1.807) is 13.1 Å². The number of nitrogens with zero attached hydrogens (tertiary/aromatic N) is 1. The van der Waals surface area contributed by atoms with E-state index in [1.165, 1.54) is 11.3 Å². The van der Waals surface area contributed by atoms with Crippen molar-refractivity contribution in [3.8, 4) is 0 Å². The summed E-state index contributed by atoms with van der Waals surface area (Å²) in [7, 11) is 0. The molecule has 2 amide bonds. The van der Waals surface area contributed by atoms with Crippen LogP contribution in [0.5, 0.6) is 0 Å². The Balaban J connectivity index is 2.16. The monoisotopic (exact) mass is 271 g/mol. The van der Waals surface area contributed by atoms with Crippen LogP contribution in [-0.4, -0.2) is 28.6 Å². The van der Waals surface area contributed by atoms with Crippen molar-refractivity contribution in [2.45, 2.75) is 26.8 Å². The van der Waals surface area contributed by atoms with Gasteiger partial charge in [-0.15, -0.1) is 11.3 Å². The molecule has 0 bridgehead atoms. The predicted octanol–water partition coefficient (Wildman–Crippen LogP) is 1.36. The van der Waals surface area contributed by atoms with Gasteiger partial charge in [0.1, 0.15) is 5.01 Å². The minimum absolute atomic E-state index is 0.305. The van der Waals surface area contributed by atoms with E-state index >= 15 is 0 Å². The second-order valence-electron chi connectivity index (χ2n) is 4.00. The molecule has 1 aromatic rings. The molecule has 18 heavy (non-hydrogen) atoms. The summed E-state index contributed by atoms with van der Waals surface area (Å²) in [5.41, 5.74) is 0. The van der Waals surface area contributed by atoms with Crippen LogP contribution in [0, 0.1) is 12.8 Å². The summed E-state index contributed by atoms with van der Waals surface area (Å²) in [4.78, 5) is 27.2. The molecule has 0 radical (unpaired) electrons. The van der Waals surface area contributed by atoms with Gasteiger partial charge < -0.3 is 15.7 Å². The van der Waals surface area contributed by atoms with Gasteiger partial charge in [0, 0.05) is 17.6 Å². The fourth-order valence-electron chi connectivity index (χ4n) is 1.23. The maximum Gasteiger partial charge on any atom is 0.315 e. The van der Waals surface area contributed by atoms with Crippen molar-refractivity contribution in [1.29, 1.82) is 0 Å². The Bertz CT molecular complexity index is 419. The van der Waals surface area contributed by atoms with Crippen molar-refractivity contribution in [3.05, 3.63) is 16.1 Å². The molecule has 1 unspecified atom stereocenters. The minimum atomic E-state index is -0.851. The van der Waals surface area contributed by atoms with Gasteiger partial charge in [-0.2, -0.15) is 0 Å². The zero-order valence-corrected chi connectivity index (χ0v) is 11.2. The average Bonchev–Trinajstić information content (AvgIpc) is 2.72. The SMILES string of the molecule is Cc1cnc(CNC(=O)NCCC(C)C(=O)O)s1. The zero-order valence-electron chi connectivity index (χ0n) is 10.4. The summed E-state index contributed by atoms with van der Waals surface area (Å²) < 4.78 is 0. The van der Waals surface area contributed by atoms with Gasteiger partial charge in [0.2, 0.25) is 0 Å². The van der Waals surface area contributed by atoms with Gasteiger partial charge >= 0.3 is 12.0 Å². The number of carbonyl (C=O) groups is 2. The summed E-state index contributed by atoms with van der Waals surface area (Å²) in [6.07, 6.45) is 2.17. The van der Waals surface area contributed by atoms with E-state index < -0.39 is 11.9 Å². The molecule has 0 fully saturated rings. The largest absolute Gasteiger partial charge is 0.481 e. The molecule has 0 aliphatic carbocycles. The minimum Gasteiger partial charge on any atom is -0.481 e. The number of aliphatic carboxylic acids is 1. The standard InChI is InChI=1S/C11H17N3O3S/c1-7(10(15)16)3-4-12-11(17)14-6-9-13-5-8(2)18-9/h5,7H,3-4,6H2,1-2H3,(H,15,16)(H2,12,14,17). The molecular weight excluding hydrogens is 254 g/mol. The molecular formula is C11H17N3O3S. The van der Waals surface area contributed by atoms with Crippen LogP contribution >= 0.6 is 11.3 Å². The van der Waals surface area contributed by atoms with Crippen LogP contribution < -0.4 is 10.6 Å². The molecule has 1 heterocycles. The normalized spacial score (nSPS) is 11.9. The van der Waals surface area contributed by atoms with Crippen LogP contribution in [0.15, 0.2) is 6.20 Å². The quantitative estimate of drug-likeness (QED) is 0.728. The van der Waals surface area contributed by atoms with Crippen molar-refractivity contribution in [1.82, 2.24) is 15.6 Å². The number of carboxylic acids is 1. The number of hydrogen-bond acceptors (Lipinski definition) is 4. The lowest BCUT2D eigenvalue weighted by Gasteiger charge is -2.08. The molecule has 1 rings (SSSR count). The molecule has 100 valence electrons. The Morgan fingerprint density at radius 1 is 1.50 bits per heavy atom. The van der Waals surface area contributed by atoms with E-state index in [9.17, 15) is 9.59 Å². The molecule has 7 heteroatoms. The van der Waals surface area contributed by atoms with Crippen molar-refractivity contribution in [2.75, 3.05) is 6.54 Å². The topological polar surface area (TPSA) is 91.3 Å². The lowest BCUT2D eigenvalue weighted by atomic mass is 10.1. The third-order valence-corrected chi connectivity index (χ3v) is 3.27. The second kappa shape index (κ2) is 6.95. The number of amides is 2. The first-order valence-electron chi connectivity index (χ1n) is 5.65. The average molecular weight is 271 g/mol. The highest BCUT2D eigenvalue weighted by molar-refractivity contribution is 7.11. The van der Waals surface area contributed by atoms with Gasteiger partial charge in [-0.25, -0.2) is 9.78 Å². The van der Waals surface area contributed by atoms with Crippen LogP contribution in [0.3, 0.4) is 0 Å².